The molecular formula is C20H24ClNO3. The second-order valence-corrected chi connectivity index (χ2v) is 6.00. The first kappa shape index (κ1) is 19.1. The van der Waals surface area contributed by atoms with Gasteiger partial charge < -0.3 is 14.8 Å². The zero-order valence-electron chi connectivity index (χ0n) is 14.5. The Balaban J connectivity index is 1.62. The van der Waals surface area contributed by atoms with E-state index in [9.17, 15) is 4.79 Å². The Bertz CT molecular complexity index is 675. The monoisotopic (exact) mass is 361 g/mol. The van der Waals surface area contributed by atoms with Gasteiger partial charge in [-0.3, -0.25) is 4.79 Å². The van der Waals surface area contributed by atoms with Gasteiger partial charge in [0, 0.05) is 18.0 Å². The third-order valence-corrected chi connectivity index (χ3v) is 3.81. The lowest BCUT2D eigenvalue weighted by Gasteiger charge is -2.11. The van der Waals surface area contributed by atoms with E-state index >= 15 is 0 Å². The normalized spacial score (nSPS) is 10.3. The van der Waals surface area contributed by atoms with Gasteiger partial charge in [0.1, 0.15) is 0 Å². The van der Waals surface area contributed by atoms with Crippen molar-refractivity contribution < 1.29 is 14.3 Å². The van der Waals surface area contributed by atoms with E-state index in [1.807, 2.05) is 55.5 Å². The van der Waals surface area contributed by atoms with Gasteiger partial charge in [0.05, 0.1) is 13.2 Å². The topological polar surface area (TPSA) is 47.6 Å². The molecule has 2 aromatic carbocycles. The molecule has 0 atom stereocenters. The highest BCUT2D eigenvalue weighted by Crippen LogP contribution is 2.26. The van der Waals surface area contributed by atoms with Gasteiger partial charge in [-0.1, -0.05) is 35.9 Å². The predicted octanol–water partition coefficient (Wildman–Crippen LogP) is 4.26. The molecule has 0 aliphatic rings. The van der Waals surface area contributed by atoms with E-state index in [1.165, 1.54) is 0 Å². The number of nitrogens with one attached hydrogen (secondary N) is 1. The number of ether oxygens (including phenoxy) is 2. The highest BCUT2D eigenvalue weighted by molar-refractivity contribution is 6.30. The van der Waals surface area contributed by atoms with Crippen LogP contribution in [0, 0.1) is 0 Å². The molecule has 0 aliphatic carbocycles. The average molecular weight is 362 g/mol. The van der Waals surface area contributed by atoms with E-state index in [0.29, 0.717) is 43.4 Å². The van der Waals surface area contributed by atoms with Crippen LogP contribution in [0.15, 0.2) is 48.5 Å². The molecule has 0 bridgehead atoms. The summed E-state index contributed by atoms with van der Waals surface area (Å²) in [7, 11) is 0. The van der Waals surface area contributed by atoms with Gasteiger partial charge in [-0.05, 0) is 49.6 Å². The van der Waals surface area contributed by atoms with Gasteiger partial charge in [-0.15, -0.1) is 0 Å². The van der Waals surface area contributed by atoms with Gasteiger partial charge in [-0.25, -0.2) is 0 Å². The number of rotatable bonds is 10. The summed E-state index contributed by atoms with van der Waals surface area (Å²) in [6.07, 6.45) is 1.86. The third kappa shape index (κ3) is 7.06. The standard InChI is InChI=1S/C20H24ClNO3/c1-2-24-18-9-3-4-10-19(18)25-14-6-11-20(23)22-13-12-16-7-5-8-17(21)15-16/h3-5,7-10,15H,2,6,11-14H2,1H3,(H,22,23). The number of carbonyl (C=O) groups excluding carboxylic acids is 1. The number of amides is 1. The SMILES string of the molecule is CCOc1ccccc1OCCCC(=O)NCCc1cccc(Cl)c1. The van der Waals surface area contributed by atoms with Crippen molar-refractivity contribution in [2.24, 2.45) is 0 Å². The number of hydrogen-bond acceptors (Lipinski definition) is 3. The minimum atomic E-state index is 0.0312. The van der Waals surface area contributed by atoms with Crippen LogP contribution >= 0.6 is 11.6 Å². The van der Waals surface area contributed by atoms with Gasteiger partial charge in [0.25, 0.3) is 0 Å². The second kappa shape index (κ2) is 10.6. The number of para-hydroxylation sites is 2. The van der Waals surface area contributed by atoms with E-state index in [2.05, 4.69) is 5.32 Å². The van der Waals surface area contributed by atoms with Crippen LogP contribution < -0.4 is 14.8 Å². The molecule has 4 nitrogen and oxygen atoms in total. The van der Waals surface area contributed by atoms with Crippen molar-refractivity contribution in [3.8, 4) is 11.5 Å². The smallest absolute Gasteiger partial charge is 0.220 e. The van der Waals surface area contributed by atoms with Crippen LogP contribution in [-0.2, 0) is 11.2 Å². The molecule has 0 fully saturated rings. The lowest BCUT2D eigenvalue weighted by Crippen LogP contribution is -2.25. The summed E-state index contributed by atoms with van der Waals surface area (Å²) >= 11 is 5.94. The molecule has 2 aromatic rings. The second-order valence-electron chi connectivity index (χ2n) is 5.56. The van der Waals surface area contributed by atoms with Crippen molar-refractivity contribution in [2.45, 2.75) is 26.2 Å². The first-order chi connectivity index (χ1) is 12.2. The summed E-state index contributed by atoms with van der Waals surface area (Å²) in [6.45, 7) is 3.61. The molecule has 0 heterocycles. The molecule has 0 saturated heterocycles. The van der Waals surface area contributed by atoms with Crippen molar-refractivity contribution in [2.75, 3.05) is 19.8 Å². The molecule has 1 N–H and O–H groups in total. The van der Waals surface area contributed by atoms with Crippen LogP contribution in [-0.4, -0.2) is 25.7 Å². The fraction of sp³-hybridized carbons (Fsp3) is 0.350. The molecule has 0 unspecified atom stereocenters. The first-order valence-corrected chi connectivity index (χ1v) is 8.92. The van der Waals surface area contributed by atoms with Crippen LogP contribution in [0.2, 0.25) is 5.02 Å². The zero-order chi connectivity index (χ0) is 17.9. The highest BCUT2D eigenvalue weighted by Gasteiger charge is 2.05. The number of benzene rings is 2. The Hall–Kier alpha value is -2.20. The fourth-order valence-corrected chi connectivity index (χ4v) is 2.60. The fourth-order valence-electron chi connectivity index (χ4n) is 2.39. The molecular weight excluding hydrogens is 338 g/mol. The Kier molecular flexibility index (Phi) is 8.13. The number of hydrogen-bond donors (Lipinski definition) is 1. The lowest BCUT2D eigenvalue weighted by molar-refractivity contribution is -0.121. The number of halogens is 1. The van der Waals surface area contributed by atoms with Crippen molar-refractivity contribution in [1.29, 1.82) is 0 Å². The summed E-state index contributed by atoms with van der Waals surface area (Å²) < 4.78 is 11.2. The van der Waals surface area contributed by atoms with Crippen LogP contribution in [0.1, 0.15) is 25.3 Å². The Morgan fingerprint density at radius 2 is 1.84 bits per heavy atom. The maximum absolute atomic E-state index is 11.9. The van der Waals surface area contributed by atoms with Crippen molar-refractivity contribution >= 4 is 17.5 Å². The van der Waals surface area contributed by atoms with Crippen molar-refractivity contribution in [1.82, 2.24) is 5.32 Å². The molecule has 1 amide bonds. The largest absolute Gasteiger partial charge is 0.490 e. The maximum atomic E-state index is 11.9. The van der Waals surface area contributed by atoms with Gasteiger partial charge in [-0.2, -0.15) is 0 Å². The predicted molar refractivity (Wildman–Crippen MR) is 101 cm³/mol. The molecule has 2 rings (SSSR count). The van der Waals surface area contributed by atoms with E-state index < -0.39 is 0 Å². The van der Waals surface area contributed by atoms with Crippen LogP contribution in [0.3, 0.4) is 0 Å². The van der Waals surface area contributed by atoms with Gasteiger partial charge in [0.2, 0.25) is 5.91 Å². The quantitative estimate of drug-likeness (QED) is 0.643. The molecule has 25 heavy (non-hydrogen) atoms. The van der Waals surface area contributed by atoms with E-state index in [-0.39, 0.29) is 5.91 Å². The Morgan fingerprint density at radius 1 is 1.08 bits per heavy atom. The summed E-state index contributed by atoms with van der Waals surface area (Å²) in [5.74, 6) is 1.48. The van der Waals surface area contributed by atoms with Crippen LogP contribution in [0.5, 0.6) is 11.5 Å². The third-order valence-electron chi connectivity index (χ3n) is 3.58. The average Bonchev–Trinajstić information content (AvgIpc) is 2.60. The van der Waals surface area contributed by atoms with Crippen molar-refractivity contribution in [3.63, 3.8) is 0 Å². The molecule has 0 saturated carbocycles. The Labute approximate surface area is 154 Å². The van der Waals surface area contributed by atoms with Crippen molar-refractivity contribution in [3.05, 3.63) is 59.1 Å². The van der Waals surface area contributed by atoms with Gasteiger partial charge >= 0.3 is 0 Å². The molecule has 0 aliphatic heterocycles. The summed E-state index contributed by atoms with van der Waals surface area (Å²) in [6, 6.07) is 15.2. The minimum Gasteiger partial charge on any atom is -0.490 e. The van der Waals surface area contributed by atoms with E-state index in [4.69, 9.17) is 21.1 Å². The Morgan fingerprint density at radius 3 is 2.56 bits per heavy atom. The molecule has 0 aromatic heterocycles. The molecule has 134 valence electrons. The van der Waals surface area contributed by atoms with Crippen LogP contribution in [0.4, 0.5) is 0 Å². The molecule has 5 heteroatoms. The summed E-state index contributed by atoms with van der Waals surface area (Å²) in [5.41, 5.74) is 1.11. The zero-order valence-corrected chi connectivity index (χ0v) is 15.2. The summed E-state index contributed by atoms with van der Waals surface area (Å²) in [4.78, 5) is 11.9. The lowest BCUT2D eigenvalue weighted by atomic mass is 10.1. The van der Waals surface area contributed by atoms with E-state index in [1.54, 1.807) is 0 Å². The molecule has 0 radical (unpaired) electrons. The maximum Gasteiger partial charge on any atom is 0.220 e. The van der Waals surface area contributed by atoms with Crippen LogP contribution in [0.25, 0.3) is 0 Å². The minimum absolute atomic E-state index is 0.0312. The van der Waals surface area contributed by atoms with E-state index in [0.717, 1.165) is 17.7 Å². The highest BCUT2D eigenvalue weighted by atomic mass is 35.5. The summed E-state index contributed by atoms with van der Waals surface area (Å²) in [5, 5.41) is 3.63. The first-order valence-electron chi connectivity index (χ1n) is 8.55. The number of carbonyl (C=O) groups is 1. The van der Waals surface area contributed by atoms with Gasteiger partial charge in [0.15, 0.2) is 11.5 Å². The molecule has 0 spiro atoms.